The van der Waals surface area contributed by atoms with Crippen LogP contribution in [0.15, 0.2) is 54.6 Å². The average molecular weight is 341 g/mol. The lowest BCUT2D eigenvalue weighted by Gasteiger charge is -2.21. The Hall–Kier alpha value is -2.33. The molecule has 0 amide bonds. The SMILES string of the molecule is CC(C)OC(=O)[C@@H](CN(C)C)c1ccc(OCc2ccccc2)cc1. The zero-order valence-corrected chi connectivity index (χ0v) is 15.4. The van der Waals surface area contributed by atoms with E-state index in [-0.39, 0.29) is 18.0 Å². The zero-order chi connectivity index (χ0) is 18.2. The number of esters is 1. The Labute approximate surface area is 150 Å². The zero-order valence-electron chi connectivity index (χ0n) is 15.4. The van der Waals surface area contributed by atoms with E-state index in [1.165, 1.54) is 0 Å². The van der Waals surface area contributed by atoms with Crippen LogP contribution in [0.25, 0.3) is 0 Å². The van der Waals surface area contributed by atoms with E-state index in [1.807, 2.05) is 87.4 Å². The first-order valence-corrected chi connectivity index (χ1v) is 8.57. The Morgan fingerprint density at radius 2 is 1.64 bits per heavy atom. The Morgan fingerprint density at radius 3 is 2.20 bits per heavy atom. The molecule has 0 N–H and O–H groups in total. The molecule has 0 unspecified atom stereocenters. The molecule has 0 aliphatic carbocycles. The van der Waals surface area contributed by atoms with Crippen LogP contribution >= 0.6 is 0 Å². The highest BCUT2D eigenvalue weighted by molar-refractivity contribution is 5.78. The van der Waals surface area contributed by atoms with Crippen molar-refractivity contribution >= 4 is 5.97 Å². The van der Waals surface area contributed by atoms with Gasteiger partial charge in [0.2, 0.25) is 0 Å². The molecular weight excluding hydrogens is 314 g/mol. The monoisotopic (exact) mass is 341 g/mol. The van der Waals surface area contributed by atoms with Gasteiger partial charge >= 0.3 is 5.97 Å². The molecule has 0 spiro atoms. The van der Waals surface area contributed by atoms with E-state index in [0.29, 0.717) is 13.2 Å². The molecule has 4 nitrogen and oxygen atoms in total. The molecule has 2 aromatic carbocycles. The van der Waals surface area contributed by atoms with Crippen molar-refractivity contribution in [2.45, 2.75) is 32.5 Å². The molecule has 134 valence electrons. The van der Waals surface area contributed by atoms with Gasteiger partial charge in [0.05, 0.1) is 12.0 Å². The van der Waals surface area contributed by atoms with Gasteiger partial charge in [-0.3, -0.25) is 4.79 Å². The van der Waals surface area contributed by atoms with Crippen LogP contribution in [0.3, 0.4) is 0 Å². The Morgan fingerprint density at radius 1 is 1.00 bits per heavy atom. The van der Waals surface area contributed by atoms with Gasteiger partial charge in [-0.05, 0) is 51.2 Å². The number of ether oxygens (including phenoxy) is 2. The van der Waals surface area contributed by atoms with Crippen molar-refractivity contribution in [2.24, 2.45) is 0 Å². The normalized spacial score (nSPS) is 12.2. The van der Waals surface area contributed by atoms with Crippen molar-refractivity contribution < 1.29 is 14.3 Å². The quantitative estimate of drug-likeness (QED) is 0.684. The van der Waals surface area contributed by atoms with E-state index >= 15 is 0 Å². The summed E-state index contributed by atoms with van der Waals surface area (Å²) in [5.41, 5.74) is 2.06. The number of carbonyl (C=O) groups is 1. The van der Waals surface area contributed by atoms with Crippen LogP contribution in [0.5, 0.6) is 5.75 Å². The fourth-order valence-electron chi connectivity index (χ4n) is 2.53. The molecule has 0 fully saturated rings. The maximum atomic E-state index is 12.4. The third-order valence-electron chi connectivity index (χ3n) is 3.71. The van der Waals surface area contributed by atoms with Gasteiger partial charge in [0.15, 0.2) is 0 Å². The topological polar surface area (TPSA) is 38.8 Å². The van der Waals surface area contributed by atoms with E-state index in [0.717, 1.165) is 16.9 Å². The first kappa shape index (κ1) is 19.0. The standard InChI is InChI=1S/C21H27NO3/c1-16(2)25-21(23)20(14-22(3)4)18-10-12-19(13-11-18)24-15-17-8-6-5-7-9-17/h5-13,16,20H,14-15H2,1-4H3/t20-/m0/s1. The van der Waals surface area contributed by atoms with Crippen molar-refractivity contribution in [3.8, 4) is 5.75 Å². The van der Waals surface area contributed by atoms with E-state index in [2.05, 4.69) is 0 Å². The van der Waals surface area contributed by atoms with Crippen LogP contribution in [0, 0.1) is 0 Å². The van der Waals surface area contributed by atoms with Gasteiger partial charge in [0.1, 0.15) is 12.4 Å². The molecular formula is C21H27NO3. The Bertz CT molecular complexity index is 651. The molecule has 1 atom stereocenters. The minimum atomic E-state index is -0.305. The summed E-state index contributed by atoms with van der Waals surface area (Å²) < 4.78 is 11.2. The summed E-state index contributed by atoms with van der Waals surface area (Å²) in [4.78, 5) is 14.4. The molecule has 4 heteroatoms. The van der Waals surface area contributed by atoms with Crippen molar-refractivity contribution in [2.75, 3.05) is 20.6 Å². The van der Waals surface area contributed by atoms with Crippen molar-refractivity contribution in [1.29, 1.82) is 0 Å². The molecule has 0 aliphatic rings. The summed E-state index contributed by atoms with van der Waals surface area (Å²) in [6, 6.07) is 17.7. The minimum Gasteiger partial charge on any atom is -0.489 e. The van der Waals surface area contributed by atoms with Gasteiger partial charge in [-0.25, -0.2) is 0 Å². The number of rotatable bonds is 8. The van der Waals surface area contributed by atoms with Gasteiger partial charge < -0.3 is 14.4 Å². The highest BCUT2D eigenvalue weighted by atomic mass is 16.5. The van der Waals surface area contributed by atoms with Crippen LogP contribution in [0.1, 0.15) is 30.9 Å². The summed E-state index contributed by atoms with van der Waals surface area (Å²) >= 11 is 0. The van der Waals surface area contributed by atoms with Crippen LogP contribution in [0.4, 0.5) is 0 Å². The van der Waals surface area contributed by atoms with Gasteiger partial charge in [-0.2, -0.15) is 0 Å². The fourth-order valence-corrected chi connectivity index (χ4v) is 2.53. The van der Waals surface area contributed by atoms with E-state index in [1.54, 1.807) is 0 Å². The maximum Gasteiger partial charge on any atom is 0.314 e. The van der Waals surface area contributed by atoms with Gasteiger partial charge in [-0.1, -0.05) is 42.5 Å². The number of benzene rings is 2. The predicted octanol–water partition coefficient (Wildman–Crippen LogP) is 3.86. The number of hydrogen-bond donors (Lipinski definition) is 0. The van der Waals surface area contributed by atoms with Gasteiger partial charge in [0, 0.05) is 6.54 Å². The summed E-state index contributed by atoms with van der Waals surface area (Å²) in [6.07, 6.45) is -0.120. The number of nitrogens with zero attached hydrogens (tertiary/aromatic N) is 1. The lowest BCUT2D eigenvalue weighted by atomic mass is 9.98. The van der Waals surface area contributed by atoms with Crippen molar-refractivity contribution in [3.05, 3.63) is 65.7 Å². The van der Waals surface area contributed by atoms with Crippen molar-refractivity contribution in [1.82, 2.24) is 4.90 Å². The molecule has 25 heavy (non-hydrogen) atoms. The van der Waals surface area contributed by atoms with Crippen LogP contribution < -0.4 is 4.74 Å². The third-order valence-corrected chi connectivity index (χ3v) is 3.71. The molecule has 0 aliphatic heterocycles. The summed E-state index contributed by atoms with van der Waals surface area (Å²) in [6.45, 7) is 4.86. The van der Waals surface area contributed by atoms with Crippen molar-refractivity contribution in [3.63, 3.8) is 0 Å². The first-order valence-electron chi connectivity index (χ1n) is 8.57. The highest BCUT2D eigenvalue weighted by Gasteiger charge is 2.24. The van der Waals surface area contributed by atoms with E-state index in [4.69, 9.17) is 9.47 Å². The molecule has 2 rings (SSSR count). The summed E-state index contributed by atoms with van der Waals surface area (Å²) in [5, 5.41) is 0. The Balaban J connectivity index is 2.05. The third kappa shape index (κ3) is 6.24. The largest absolute Gasteiger partial charge is 0.489 e. The van der Waals surface area contributed by atoms with Gasteiger partial charge in [-0.15, -0.1) is 0 Å². The second kappa shape index (κ2) is 9.23. The Kier molecular flexibility index (Phi) is 7.02. The number of hydrogen-bond acceptors (Lipinski definition) is 4. The molecule has 0 saturated heterocycles. The molecule has 0 radical (unpaired) electrons. The molecule has 0 heterocycles. The number of likely N-dealkylation sites (N-methyl/N-ethyl adjacent to an activating group) is 1. The maximum absolute atomic E-state index is 12.4. The summed E-state index contributed by atoms with van der Waals surface area (Å²) in [7, 11) is 3.90. The molecule has 2 aromatic rings. The minimum absolute atomic E-state index is 0.120. The van der Waals surface area contributed by atoms with Gasteiger partial charge in [0.25, 0.3) is 0 Å². The fraction of sp³-hybridized carbons (Fsp3) is 0.381. The van der Waals surface area contributed by atoms with E-state index in [9.17, 15) is 4.79 Å². The second-order valence-corrected chi connectivity index (χ2v) is 6.64. The van der Waals surface area contributed by atoms with E-state index < -0.39 is 0 Å². The predicted molar refractivity (Wildman–Crippen MR) is 99.7 cm³/mol. The van der Waals surface area contributed by atoms with Crippen LogP contribution in [-0.4, -0.2) is 37.6 Å². The molecule has 0 saturated carbocycles. The number of carbonyl (C=O) groups excluding carboxylic acids is 1. The smallest absolute Gasteiger partial charge is 0.314 e. The second-order valence-electron chi connectivity index (χ2n) is 6.64. The van der Waals surface area contributed by atoms with Crippen LogP contribution in [-0.2, 0) is 16.1 Å². The average Bonchev–Trinajstić information content (AvgIpc) is 2.58. The lowest BCUT2D eigenvalue weighted by molar-refractivity contribution is -0.149. The first-order chi connectivity index (χ1) is 12.0. The molecule has 0 bridgehead atoms. The lowest BCUT2D eigenvalue weighted by Crippen LogP contribution is -2.29. The highest BCUT2D eigenvalue weighted by Crippen LogP contribution is 2.23. The summed E-state index contributed by atoms with van der Waals surface area (Å²) in [5.74, 6) is 0.288. The molecule has 0 aromatic heterocycles. The van der Waals surface area contributed by atoms with Crippen LogP contribution in [0.2, 0.25) is 0 Å².